The minimum atomic E-state index is -0.479. The normalized spacial score (nSPS) is 13.5. The third-order valence-corrected chi connectivity index (χ3v) is 1.93. The van der Waals surface area contributed by atoms with Crippen LogP contribution in [0.2, 0.25) is 0 Å². The molecule has 0 aliphatic carbocycles. The summed E-state index contributed by atoms with van der Waals surface area (Å²) in [5.41, 5.74) is 5.60. The van der Waals surface area contributed by atoms with E-state index in [9.17, 15) is 4.79 Å². The smallest absolute Gasteiger partial charge is 0.323 e. The lowest BCUT2D eigenvalue weighted by Crippen LogP contribution is -2.37. The predicted octanol–water partition coefficient (Wildman–Crippen LogP) is 1.56. The first-order valence-electron chi connectivity index (χ1n) is 4.87. The van der Waals surface area contributed by atoms with Crippen LogP contribution in [0.25, 0.3) is 0 Å². The highest BCUT2D eigenvalue weighted by molar-refractivity contribution is 5.75. The van der Waals surface area contributed by atoms with Crippen molar-refractivity contribution >= 4 is 5.97 Å². The van der Waals surface area contributed by atoms with Crippen LogP contribution in [0.15, 0.2) is 0 Å². The van der Waals surface area contributed by atoms with Crippen molar-refractivity contribution in [2.24, 2.45) is 17.6 Å². The van der Waals surface area contributed by atoms with Crippen molar-refractivity contribution in [3.05, 3.63) is 0 Å². The third kappa shape index (κ3) is 5.64. The summed E-state index contributed by atoms with van der Waals surface area (Å²) in [4.78, 5) is 11.2. The number of nitrogens with two attached hydrogens (primary N) is 1. The first-order chi connectivity index (χ1) is 5.95. The second-order valence-corrected chi connectivity index (χ2v) is 4.12. The molecular formula is C10H21NO2. The number of carbonyl (C=O) groups is 1. The van der Waals surface area contributed by atoms with Gasteiger partial charge in [-0.25, -0.2) is 0 Å². The molecule has 0 aliphatic rings. The number of hydrogen-bond donors (Lipinski definition) is 1. The van der Waals surface area contributed by atoms with Gasteiger partial charge >= 0.3 is 5.97 Å². The van der Waals surface area contributed by atoms with Crippen molar-refractivity contribution in [1.82, 2.24) is 0 Å². The SMILES string of the molecule is CC(C)CCOC(=O)[C@@H](N)C(C)C. The Morgan fingerprint density at radius 1 is 1.31 bits per heavy atom. The fourth-order valence-electron chi connectivity index (χ4n) is 0.764. The van der Waals surface area contributed by atoms with E-state index in [2.05, 4.69) is 13.8 Å². The lowest BCUT2D eigenvalue weighted by atomic mass is 10.1. The number of carbonyl (C=O) groups excluding carboxylic acids is 1. The highest BCUT2D eigenvalue weighted by atomic mass is 16.5. The maximum absolute atomic E-state index is 11.2. The molecule has 0 aromatic carbocycles. The summed E-state index contributed by atoms with van der Waals surface area (Å²) in [6.45, 7) is 8.49. The van der Waals surface area contributed by atoms with E-state index in [0.717, 1.165) is 6.42 Å². The van der Waals surface area contributed by atoms with E-state index in [1.165, 1.54) is 0 Å². The lowest BCUT2D eigenvalue weighted by Gasteiger charge is -2.14. The first kappa shape index (κ1) is 12.4. The summed E-state index contributed by atoms with van der Waals surface area (Å²) < 4.78 is 5.01. The summed E-state index contributed by atoms with van der Waals surface area (Å²) >= 11 is 0. The number of ether oxygens (including phenoxy) is 1. The van der Waals surface area contributed by atoms with Gasteiger partial charge in [-0.15, -0.1) is 0 Å². The average Bonchev–Trinajstić information content (AvgIpc) is 2.02. The van der Waals surface area contributed by atoms with Gasteiger partial charge in [0.1, 0.15) is 6.04 Å². The van der Waals surface area contributed by atoms with E-state index >= 15 is 0 Å². The summed E-state index contributed by atoms with van der Waals surface area (Å²) in [6, 6.07) is -0.479. The van der Waals surface area contributed by atoms with Gasteiger partial charge < -0.3 is 10.5 Å². The zero-order chi connectivity index (χ0) is 10.4. The number of esters is 1. The molecule has 0 aromatic heterocycles. The fourth-order valence-corrected chi connectivity index (χ4v) is 0.764. The molecule has 0 bridgehead atoms. The van der Waals surface area contributed by atoms with Crippen LogP contribution in [-0.2, 0) is 9.53 Å². The van der Waals surface area contributed by atoms with Gasteiger partial charge in [-0.1, -0.05) is 27.7 Å². The van der Waals surface area contributed by atoms with Crippen LogP contribution in [0.5, 0.6) is 0 Å². The molecular weight excluding hydrogens is 166 g/mol. The summed E-state index contributed by atoms with van der Waals surface area (Å²) in [5.74, 6) is 0.422. The standard InChI is InChI=1S/C10H21NO2/c1-7(2)5-6-13-10(12)9(11)8(3)4/h7-9H,5-6,11H2,1-4H3/t9-/m0/s1. The lowest BCUT2D eigenvalue weighted by molar-refractivity contribution is -0.146. The van der Waals surface area contributed by atoms with Crippen molar-refractivity contribution in [3.8, 4) is 0 Å². The molecule has 2 N–H and O–H groups in total. The van der Waals surface area contributed by atoms with Crippen LogP contribution in [-0.4, -0.2) is 18.6 Å². The minimum Gasteiger partial charge on any atom is -0.465 e. The molecule has 0 heterocycles. The highest BCUT2D eigenvalue weighted by Gasteiger charge is 2.18. The minimum absolute atomic E-state index is 0.145. The summed E-state index contributed by atoms with van der Waals surface area (Å²) in [6.07, 6.45) is 0.899. The van der Waals surface area contributed by atoms with Crippen molar-refractivity contribution in [3.63, 3.8) is 0 Å². The maximum atomic E-state index is 11.2. The fraction of sp³-hybridized carbons (Fsp3) is 0.900. The zero-order valence-corrected chi connectivity index (χ0v) is 9.04. The van der Waals surface area contributed by atoms with Crippen LogP contribution >= 0.6 is 0 Å². The Kier molecular flexibility index (Phi) is 5.71. The monoisotopic (exact) mass is 187 g/mol. The van der Waals surface area contributed by atoms with Crippen molar-refractivity contribution in [1.29, 1.82) is 0 Å². The van der Waals surface area contributed by atoms with Gasteiger partial charge in [0, 0.05) is 0 Å². The Hall–Kier alpha value is -0.570. The Bertz CT molecular complexity index is 155. The molecule has 0 aromatic rings. The molecule has 0 radical (unpaired) electrons. The van der Waals surface area contributed by atoms with Crippen LogP contribution in [0, 0.1) is 11.8 Å². The molecule has 3 nitrogen and oxygen atoms in total. The van der Waals surface area contributed by atoms with Crippen molar-refractivity contribution in [2.75, 3.05) is 6.61 Å². The van der Waals surface area contributed by atoms with Gasteiger partial charge in [0.2, 0.25) is 0 Å². The van der Waals surface area contributed by atoms with Crippen LogP contribution in [0.4, 0.5) is 0 Å². The van der Waals surface area contributed by atoms with Gasteiger partial charge in [0.05, 0.1) is 6.61 Å². The van der Waals surface area contributed by atoms with Crippen molar-refractivity contribution in [2.45, 2.75) is 40.2 Å². The quantitative estimate of drug-likeness (QED) is 0.664. The number of rotatable bonds is 5. The molecule has 13 heavy (non-hydrogen) atoms. The Morgan fingerprint density at radius 3 is 2.23 bits per heavy atom. The second kappa shape index (κ2) is 5.97. The van der Waals surface area contributed by atoms with Crippen molar-refractivity contribution < 1.29 is 9.53 Å². The third-order valence-electron chi connectivity index (χ3n) is 1.93. The van der Waals surface area contributed by atoms with Gasteiger partial charge in [-0.3, -0.25) is 4.79 Å². The molecule has 0 amide bonds. The van der Waals surface area contributed by atoms with Crippen LogP contribution in [0.1, 0.15) is 34.1 Å². The summed E-state index contributed by atoms with van der Waals surface area (Å²) in [5, 5.41) is 0. The van der Waals surface area contributed by atoms with Gasteiger partial charge in [-0.2, -0.15) is 0 Å². The Balaban J connectivity index is 3.62. The average molecular weight is 187 g/mol. The van der Waals surface area contributed by atoms with E-state index in [4.69, 9.17) is 10.5 Å². The zero-order valence-electron chi connectivity index (χ0n) is 9.04. The van der Waals surface area contributed by atoms with E-state index in [0.29, 0.717) is 12.5 Å². The molecule has 0 saturated carbocycles. The topological polar surface area (TPSA) is 52.3 Å². The molecule has 1 atom stereocenters. The first-order valence-corrected chi connectivity index (χ1v) is 4.87. The molecule has 78 valence electrons. The van der Waals surface area contributed by atoms with Gasteiger partial charge in [0.15, 0.2) is 0 Å². The highest BCUT2D eigenvalue weighted by Crippen LogP contribution is 2.03. The predicted molar refractivity (Wildman–Crippen MR) is 53.2 cm³/mol. The maximum Gasteiger partial charge on any atom is 0.323 e. The largest absolute Gasteiger partial charge is 0.465 e. The van der Waals surface area contributed by atoms with Crippen LogP contribution < -0.4 is 5.73 Å². The summed E-state index contributed by atoms with van der Waals surface area (Å²) in [7, 11) is 0. The van der Waals surface area contributed by atoms with Gasteiger partial charge in [0.25, 0.3) is 0 Å². The molecule has 0 fully saturated rings. The van der Waals surface area contributed by atoms with E-state index in [1.54, 1.807) is 0 Å². The van der Waals surface area contributed by atoms with E-state index < -0.39 is 6.04 Å². The number of hydrogen-bond acceptors (Lipinski definition) is 3. The Labute approximate surface area is 80.6 Å². The molecule has 3 heteroatoms. The second-order valence-electron chi connectivity index (χ2n) is 4.12. The molecule has 0 aliphatic heterocycles. The van der Waals surface area contributed by atoms with Gasteiger partial charge in [-0.05, 0) is 18.3 Å². The molecule has 0 saturated heterocycles. The molecule has 0 unspecified atom stereocenters. The van der Waals surface area contributed by atoms with E-state index in [1.807, 2.05) is 13.8 Å². The molecule has 0 spiro atoms. The Morgan fingerprint density at radius 2 is 1.85 bits per heavy atom. The molecule has 0 rings (SSSR count). The van der Waals surface area contributed by atoms with Crippen LogP contribution in [0.3, 0.4) is 0 Å². The van der Waals surface area contributed by atoms with E-state index in [-0.39, 0.29) is 11.9 Å².